The van der Waals surface area contributed by atoms with E-state index in [0.717, 1.165) is 16.6 Å². The summed E-state index contributed by atoms with van der Waals surface area (Å²) in [5.41, 5.74) is 2.44. The van der Waals surface area contributed by atoms with Gasteiger partial charge in [0.05, 0.1) is 17.0 Å². The fourth-order valence-corrected chi connectivity index (χ4v) is 4.85. The first-order chi connectivity index (χ1) is 14.6. The van der Waals surface area contributed by atoms with Crippen LogP contribution < -0.4 is 10.9 Å². The largest absolute Gasteiger partial charge is 0.355 e. The van der Waals surface area contributed by atoms with Gasteiger partial charge in [-0.05, 0) is 47.7 Å². The average molecular weight is 500 g/mol. The lowest BCUT2D eigenvalue weighted by Gasteiger charge is -2.12. The number of benzene rings is 2. The Hall–Kier alpha value is -2.42. The van der Waals surface area contributed by atoms with E-state index in [4.69, 9.17) is 0 Å². The Balaban J connectivity index is 1.50. The molecule has 2 heterocycles. The van der Waals surface area contributed by atoms with Gasteiger partial charge in [-0.15, -0.1) is 11.3 Å². The maximum Gasteiger partial charge on any atom is 0.276 e. The van der Waals surface area contributed by atoms with Crippen LogP contribution in [0.1, 0.15) is 5.56 Å². The van der Waals surface area contributed by atoms with Gasteiger partial charge in [-0.1, -0.05) is 58.0 Å². The molecule has 0 saturated carbocycles. The van der Waals surface area contributed by atoms with E-state index < -0.39 is 0 Å². The van der Waals surface area contributed by atoms with Gasteiger partial charge in [0, 0.05) is 11.0 Å². The maximum absolute atomic E-state index is 13.1. The van der Waals surface area contributed by atoms with Crippen molar-refractivity contribution in [3.63, 3.8) is 0 Å². The van der Waals surface area contributed by atoms with E-state index in [1.165, 1.54) is 28.7 Å². The minimum atomic E-state index is -0.121. The number of carbonyl (C=O) groups excluding carboxylic acids is 1. The highest BCUT2D eigenvalue weighted by molar-refractivity contribution is 9.10. The lowest BCUT2D eigenvalue weighted by atomic mass is 10.1. The molecule has 8 heteroatoms. The van der Waals surface area contributed by atoms with Crippen molar-refractivity contribution in [2.24, 2.45) is 0 Å². The summed E-state index contributed by atoms with van der Waals surface area (Å²) in [4.78, 5) is 30.1. The molecule has 30 heavy (non-hydrogen) atoms. The van der Waals surface area contributed by atoms with Gasteiger partial charge in [-0.25, -0.2) is 4.98 Å². The van der Waals surface area contributed by atoms with E-state index in [2.05, 4.69) is 26.2 Å². The van der Waals surface area contributed by atoms with Crippen LogP contribution in [0.25, 0.3) is 15.9 Å². The average Bonchev–Trinajstić information content (AvgIpc) is 3.23. The van der Waals surface area contributed by atoms with Crippen LogP contribution in [0.2, 0.25) is 0 Å². The molecule has 4 rings (SSSR count). The van der Waals surface area contributed by atoms with Crippen LogP contribution >= 0.6 is 39.0 Å². The van der Waals surface area contributed by atoms with Crippen molar-refractivity contribution in [3.05, 3.63) is 86.4 Å². The van der Waals surface area contributed by atoms with Gasteiger partial charge in [0.2, 0.25) is 5.91 Å². The van der Waals surface area contributed by atoms with Crippen LogP contribution in [0.4, 0.5) is 0 Å². The molecule has 2 aromatic heterocycles. The summed E-state index contributed by atoms with van der Waals surface area (Å²) >= 11 is 6.06. The fourth-order valence-electron chi connectivity index (χ4n) is 2.98. The van der Waals surface area contributed by atoms with Gasteiger partial charge in [-0.2, -0.15) is 0 Å². The molecule has 4 aromatic rings. The summed E-state index contributed by atoms with van der Waals surface area (Å²) in [5.74, 6) is 0.103. The van der Waals surface area contributed by atoms with Gasteiger partial charge in [0.1, 0.15) is 4.70 Å². The van der Waals surface area contributed by atoms with E-state index in [1.54, 1.807) is 4.57 Å². The monoisotopic (exact) mass is 499 g/mol. The number of amides is 1. The van der Waals surface area contributed by atoms with Crippen molar-refractivity contribution in [2.75, 3.05) is 12.3 Å². The zero-order valence-electron chi connectivity index (χ0n) is 15.9. The molecular formula is C22H18BrN3O2S2. The Labute approximate surface area is 190 Å². The van der Waals surface area contributed by atoms with E-state index in [0.29, 0.717) is 21.9 Å². The van der Waals surface area contributed by atoms with Gasteiger partial charge < -0.3 is 5.32 Å². The second kappa shape index (κ2) is 9.59. The summed E-state index contributed by atoms with van der Waals surface area (Å²) < 4.78 is 3.11. The molecule has 0 aliphatic rings. The van der Waals surface area contributed by atoms with E-state index in [9.17, 15) is 9.59 Å². The highest BCUT2D eigenvalue weighted by Crippen LogP contribution is 2.24. The van der Waals surface area contributed by atoms with Gasteiger partial charge in [0.15, 0.2) is 5.16 Å². The number of fused-ring (bicyclic) bond motifs is 1. The topological polar surface area (TPSA) is 64.0 Å². The zero-order chi connectivity index (χ0) is 20.9. The molecule has 0 fully saturated rings. The van der Waals surface area contributed by atoms with Crippen molar-refractivity contribution in [2.45, 2.75) is 11.6 Å². The lowest BCUT2D eigenvalue weighted by Crippen LogP contribution is -2.28. The standard InChI is InChI=1S/C22H18BrN3O2S2/c23-16-6-8-17(9-7-16)26-21(28)20-18(11-13-29-20)25-22(26)30-14-19(27)24-12-10-15-4-2-1-3-5-15/h1-9,11,13H,10,12,14H2,(H,24,27). The number of hydrogen-bond acceptors (Lipinski definition) is 5. The Kier molecular flexibility index (Phi) is 6.66. The van der Waals surface area contributed by atoms with Crippen LogP contribution in [0.5, 0.6) is 0 Å². The summed E-state index contributed by atoms with van der Waals surface area (Å²) in [5, 5.41) is 5.30. The predicted molar refractivity (Wildman–Crippen MR) is 127 cm³/mol. The normalized spacial score (nSPS) is 11.0. The maximum atomic E-state index is 13.1. The number of halogens is 1. The van der Waals surface area contributed by atoms with E-state index in [1.807, 2.05) is 66.0 Å². The molecule has 152 valence electrons. The second-order valence-electron chi connectivity index (χ2n) is 6.52. The Morgan fingerprint density at radius 3 is 2.63 bits per heavy atom. The molecule has 0 aliphatic heterocycles. The molecule has 0 atom stereocenters. The Morgan fingerprint density at radius 2 is 1.87 bits per heavy atom. The summed E-state index contributed by atoms with van der Waals surface area (Å²) in [7, 11) is 0. The summed E-state index contributed by atoms with van der Waals surface area (Å²) in [6.07, 6.45) is 0.778. The van der Waals surface area contributed by atoms with Crippen LogP contribution in [0.15, 0.2) is 80.5 Å². The number of nitrogens with one attached hydrogen (secondary N) is 1. The van der Waals surface area contributed by atoms with Crippen LogP contribution in [-0.2, 0) is 11.2 Å². The molecule has 0 radical (unpaired) electrons. The van der Waals surface area contributed by atoms with E-state index in [-0.39, 0.29) is 17.2 Å². The molecule has 0 spiro atoms. The molecule has 0 bridgehead atoms. The molecule has 5 nitrogen and oxygen atoms in total. The first-order valence-corrected chi connectivity index (χ1v) is 12.0. The first-order valence-electron chi connectivity index (χ1n) is 9.31. The third-order valence-electron chi connectivity index (χ3n) is 4.45. The van der Waals surface area contributed by atoms with Crippen molar-refractivity contribution in [1.29, 1.82) is 0 Å². The third kappa shape index (κ3) is 4.83. The van der Waals surface area contributed by atoms with Crippen molar-refractivity contribution in [3.8, 4) is 5.69 Å². The smallest absolute Gasteiger partial charge is 0.276 e. The SMILES string of the molecule is O=C(CSc1nc2ccsc2c(=O)n1-c1ccc(Br)cc1)NCCc1ccccc1. The summed E-state index contributed by atoms with van der Waals surface area (Å²) in [6.45, 7) is 0.569. The molecule has 0 unspecified atom stereocenters. The van der Waals surface area contributed by atoms with Crippen molar-refractivity contribution in [1.82, 2.24) is 14.9 Å². The van der Waals surface area contributed by atoms with Crippen LogP contribution in [0.3, 0.4) is 0 Å². The first kappa shape index (κ1) is 20.8. The van der Waals surface area contributed by atoms with Gasteiger partial charge in [0.25, 0.3) is 5.56 Å². The second-order valence-corrected chi connectivity index (χ2v) is 9.29. The molecule has 2 aromatic carbocycles. The third-order valence-corrected chi connectivity index (χ3v) is 6.80. The van der Waals surface area contributed by atoms with Gasteiger partial charge in [-0.3, -0.25) is 14.2 Å². The fraction of sp³-hybridized carbons (Fsp3) is 0.136. The number of nitrogens with zero attached hydrogens (tertiary/aromatic N) is 2. The molecule has 1 N–H and O–H groups in total. The Bertz CT molecular complexity index is 1220. The lowest BCUT2D eigenvalue weighted by molar-refractivity contribution is -0.118. The number of carbonyl (C=O) groups is 1. The number of thioether (sulfide) groups is 1. The highest BCUT2D eigenvalue weighted by atomic mass is 79.9. The minimum Gasteiger partial charge on any atom is -0.355 e. The zero-order valence-corrected chi connectivity index (χ0v) is 19.1. The van der Waals surface area contributed by atoms with Gasteiger partial charge >= 0.3 is 0 Å². The van der Waals surface area contributed by atoms with Crippen molar-refractivity contribution < 1.29 is 4.79 Å². The number of thiophene rings is 1. The van der Waals surface area contributed by atoms with Crippen molar-refractivity contribution >= 4 is 55.2 Å². The van der Waals surface area contributed by atoms with Crippen LogP contribution in [0, 0.1) is 0 Å². The van der Waals surface area contributed by atoms with E-state index >= 15 is 0 Å². The predicted octanol–water partition coefficient (Wildman–Crippen LogP) is 4.66. The molecule has 0 aliphatic carbocycles. The number of aromatic nitrogens is 2. The number of hydrogen-bond donors (Lipinski definition) is 1. The molecule has 1 amide bonds. The molecular weight excluding hydrogens is 482 g/mol. The highest BCUT2D eigenvalue weighted by Gasteiger charge is 2.15. The van der Waals surface area contributed by atoms with Crippen LogP contribution in [-0.4, -0.2) is 27.8 Å². The minimum absolute atomic E-state index is 0.0852. The quantitative estimate of drug-likeness (QED) is 0.296. The Morgan fingerprint density at radius 1 is 1.10 bits per heavy atom. The molecule has 0 saturated heterocycles. The number of rotatable bonds is 7. The summed E-state index contributed by atoms with van der Waals surface area (Å²) in [6, 6.07) is 19.3.